The van der Waals surface area contributed by atoms with Crippen LogP contribution in [0, 0.1) is 0 Å². The van der Waals surface area contributed by atoms with Crippen LogP contribution in [-0.4, -0.2) is 72.1 Å². The Hall–Kier alpha value is -0.0300. The summed E-state index contributed by atoms with van der Waals surface area (Å²) in [5.74, 6) is 0.119. The van der Waals surface area contributed by atoms with Crippen molar-refractivity contribution in [1.82, 2.24) is 4.72 Å². The van der Waals surface area contributed by atoms with Gasteiger partial charge in [-0.3, -0.25) is 0 Å². The number of alkyl halides is 1. The molecule has 2 aliphatic rings. The third-order valence-corrected chi connectivity index (χ3v) is 7.11. The van der Waals surface area contributed by atoms with Gasteiger partial charge in [0.05, 0.1) is 21.8 Å². The molecule has 1 fully saturated rings. The maximum absolute atomic E-state index is 13.9. The Morgan fingerprint density at radius 3 is 2.44 bits per heavy atom. The molecule has 25 heavy (non-hydrogen) atoms. The van der Waals surface area contributed by atoms with Crippen LogP contribution < -0.4 is 4.72 Å². The summed E-state index contributed by atoms with van der Waals surface area (Å²) in [6.45, 7) is 5.46. The number of allylic oxidation sites excluding steroid dienone is 1. The zero-order chi connectivity index (χ0) is 18.8. The van der Waals surface area contributed by atoms with E-state index >= 15 is 0 Å². The molecule has 2 rings (SSSR count). The Morgan fingerprint density at radius 2 is 1.80 bits per heavy atom. The SMILES string of the molecule is CC(C)(C)S(=O)N[C@@H]1C/C=C\C[C@@H](F)CS[C@H]2O[C@H]1[C@H](O)[C@H](O)[C@H]2O. The minimum Gasteiger partial charge on any atom is -0.388 e. The molecule has 8 atom stereocenters. The molecule has 2 bridgehead atoms. The van der Waals surface area contributed by atoms with Gasteiger partial charge in [0.1, 0.15) is 36.0 Å². The third-order valence-electron chi connectivity index (χ3n) is 4.21. The van der Waals surface area contributed by atoms with E-state index in [-0.39, 0.29) is 12.2 Å². The second-order valence-corrected chi connectivity index (χ2v) is 10.5. The van der Waals surface area contributed by atoms with E-state index in [0.717, 1.165) is 11.8 Å². The van der Waals surface area contributed by atoms with Gasteiger partial charge in [-0.1, -0.05) is 12.2 Å². The Kier molecular flexibility index (Phi) is 7.46. The maximum atomic E-state index is 13.9. The first kappa shape index (κ1) is 21.3. The van der Waals surface area contributed by atoms with Crippen molar-refractivity contribution in [3.05, 3.63) is 12.2 Å². The van der Waals surface area contributed by atoms with E-state index in [1.165, 1.54) is 0 Å². The summed E-state index contributed by atoms with van der Waals surface area (Å²) < 4.78 is 34.6. The molecule has 2 aliphatic heterocycles. The van der Waals surface area contributed by atoms with Gasteiger partial charge >= 0.3 is 0 Å². The van der Waals surface area contributed by atoms with Crippen molar-refractivity contribution in [2.24, 2.45) is 0 Å². The molecular formula is C16H28FNO5S2. The monoisotopic (exact) mass is 397 g/mol. The van der Waals surface area contributed by atoms with Crippen LogP contribution in [0.4, 0.5) is 4.39 Å². The van der Waals surface area contributed by atoms with Gasteiger partial charge in [0.15, 0.2) is 0 Å². The fourth-order valence-electron chi connectivity index (χ4n) is 2.66. The lowest BCUT2D eigenvalue weighted by atomic mass is 9.93. The number of nitrogens with one attached hydrogen (secondary N) is 1. The maximum Gasteiger partial charge on any atom is 0.132 e. The van der Waals surface area contributed by atoms with E-state index in [9.17, 15) is 23.9 Å². The van der Waals surface area contributed by atoms with Crippen molar-refractivity contribution in [3.63, 3.8) is 0 Å². The fourth-order valence-corrected chi connectivity index (χ4v) is 4.62. The number of hydrogen-bond acceptors (Lipinski definition) is 6. The van der Waals surface area contributed by atoms with Gasteiger partial charge in [-0.15, -0.1) is 11.8 Å². The van der Waals surface area contributed by atoms with E-state index in [1.807, 2.05) is 20.8 Å². The van der Waals surface area contributed by atoms with Crippen LogP contribution in [0.3, 0.4) is 0 Å². The molecule has 0 radical (unpaired) electrons. The summed E-state index contributed by atoms with van der Waals surface area (Å²) in [6, 6.07) is -0.548. The van der Waals surface area contributed by atoms with Crippen molar-refractivity contribution >= 4 is 22.7 Å². The van der Waals surface area contributed by atoms with E-state index in [2.05, 4.69) is 4.72 Å². The van der Waals surface area contributed by atoms with Crippen molar-refractivity contribution in [2.75, 3.05) is 5.75 Å². The highest BCUT2D eigenvalue weighted by Gasteiger charge is 2.47. The van der Waals surface area contributed by atoms with Crippen LogP contribution >= 0.6 is 11.8 Å². The normalized spacial score (nSPS) is 43.1. The topological polar surface area (TPSA) is 99.0 Å². The Labute approximate surface area is 154 Å². The molecule has 6 nitrogen and oxygen atoms in total. The predicted octanol–water partition coefficient (Wildman–Crippen LogP) is 0.636. The summed E-state index contributed by atoms with van der Waals surface area (Å²) in [5.41, 5.74) is -0.855. The van der Waals surface area contributed by atoms with Crippen LogP contribution in [-0.2, 0) is 15.7 Å². The average molecular weight is 398 g/mol. The van der Waals surface area contributed by atoms with Crippen LogP contribution in [0.1, 0.15) is 33.6 Å². The summed E-state index contributed by atoms with van der Waals surface area (Å²) >= 11 is 1.08. The number of rotatable bonds is 2. The van der Waals surface area contributed by atoms with Crippen molar-refractivity contribution in [2.45, 2.75) is 80.4 Å². The minimum atomic E-state index is -1.41. The highest BCUT2D eigenvalue weighted by molar-refractivity contribution is 7.99. The minimum absolute atomic E-state index is 0.119. The van der Waals surface area contributed by atoms with Gasteiger partial charge in [0, 0.05) is 5.75 Å². The molecule has 1 unspecified atom stereocenters. The smallest absolute Gasteiger partial charge is 0.132 e. The number of thioether (sulfide) groups is 1. The number of aliphatic hydroxyl groups is 3. The molecule has 146 valence electrons. The molecule has 0 amide bonds. The highest BCUT2D eigenvalue weighted by Crippen LogP contribution is 2.32. The molecule has 0 aliphatic carbocycles. The van der Waals surface area contributed by atoms with Crippen molar-refractivity contribution in [1.29, 1.82) is 0 Å². The molecule has 0 spiro atoms. The van der Waals surface area contributed by atoms with Crippen LogP contribution in [0.5, 0.6) is 0 Å². The van der Waals surface area contributed by atoms with Gasteiger partial charge in [-0.2, -0.15) is 0 Å². The van der Waals surface area contributed by atoms with Crippen LogP contribution in [0.25, 0.3) is 0 Å². The van der Waals surface area contributed by atoms with E-state index in [0.29, 0.717) is 6.42 Å². The van der Waals surface area contributed by atoms with Gasteiger partial charge in [0.2, 0.25) is 0 Å². The standard InChI is InChI=1S/C16H28FNO5S2/c1-16(2,3)25(22)18-10-7-5-4-6-9(17)8-24-15-13(21)11(19)12(20)14(10)23-15/h4-5,9-15,18-21H,6-8H2,1-3H3/b5-4-/t9-,10-,11+,12-,13-,14-,15-,25?/m1/s1. The molecule has 4 N–H and O–H groups in total. The van der Waals surface area contributed by atoms with Crippen LogP contribution in [0.2, 0.25) is 0 Å². The molecule has 0 saturated carbocycles. The van der Waals surface area contributed by atoms with Crippen molar-refractivity contribution < 1.29 is 28.7 Å². The summed E-state index contributed by atoms with van der Waals surface area (Å²) in [6.07, 6.45) is -1.95. The van der Waals surface area contributed by atoms with Gasteiger partial charge in [-0.05, 0) is 33.6 Å². The second kappa shape index (κ2) is 8.77. The zero-order valence-corrected chi connectivity index (χ0v) is 16.3. The average Bonchev–Trinajstić information content (AvgIpc) is 2.56. The number of halogens is 1. The quantitative estimate of drug-likeness (QED) is 0.511. The highest BCUT2D eigenvalue weighted by atomic mass is 32.2. The molecule has 9 heteroatoms. The molecular weight excluding hydrogens is 369 g/mol. The van der Waals surface area contributed by atoms with E-state index < -0.39 is 57.8 Å². The van der Waals surface area contributed by atoms with Gasteiger partial charge in [0.25, 0.3) is 0 Å². The number of aliphatic hydroxyl groups excluding tert-OH is 3. The lowest BCUT2D eigenvalue weighted by Crippen LogP contribution is -2.62. The number of ether oxygens (including phenoxy) is 1. The Morgan fingerprint density at radius 1 is 1.16 bits per heavy atom. The van der Waals surface area contributed by atoms with Gasteiger partial charge in [-0.25, -0.2) is 13.3 Å². The second-order valence-electron chi connectivity index (χ2n) is 7.42. The lowest BCUT2D eigenvalue weighted by Gasteiger charge is -2.43. The first-order chi connectivity index (χ1) is 11.6. The fraction of sp³-hybridized carbons (Fsp3) is 0.875. The Bertz CT molecular complexity index is 501. The third kappa shape index (κ3) is 5.47. The molecule has 0 aromatic rings. The molecule has 0 aromatic carbocycles. The number of fused-ring (bicyclic) bond motifs is 2. The summed E-state index contributed by atoms with van der Waals surface area (Å²) in [5, 5.41) is 30.7. The molecule has 1 saturated heterocycles. The predicted molar refractivity (Wildman–Crippen MR) is 97.2 cm³/mol. The van der Waals surface area contributed by atoms with E-state index in [1.54, 1.807) is 12.2 Å². The summed E-state index contributed by atoms with van der Waals surface area (Å²) in [7, 11) is -1.41. The molecule has 0 aromatic heterocycles. The van der Waals surface area contributed by atoms with Crippen molar-refractivity contribution in [3.8, 4) is 0 Å². The lowest BCUT2D eigenvalue weighted by molar-refractivity contribution is -0.203. The van der Waals surface area contributed by atoms with E-state index in [4.69, 9.17) is 4.74 Å². The summed E-state index contributed by atoms with van der Waals surface area (Å²) in [4.78, 5) is 0. The largest absolute Gasteiger partial charge is 0.388 e. The first-order valence-electron chi connectivity index (χ1n) is 8.39. The van der Waals surface area contributed by atoms with Crippen LogP contribution in [0.15, 0.2) is 12.2 Å². The van der Waals surface area contributed by atoms with Gasteiger partial charge < -0.3 is 20.1 Å². The molecule has 2 heterocycles. The number of hydrogen-bond donors (Lipinski definition) is 4. The Balaban J connectivity index is 2.26. The zero-order valence-electron chi connectivity index (χ0n) is 14.7. The first-order valence-corrected chi connectivity index (χ1v) is 10.6.